The number of nitrogens with zero attached hydrogens (tertiary/aromatic N) is 1. The number of carbonyl (C=O) groups excluding carboxylic acids is 3. The number of amides is 2. The van der Waals surface area contributed by atoms with Crippen molar-refractivity contribution >= 4 is 17.8 Å². The maximum absolute atomic E-state index is 12.1. The summed E-state index contributed by atoms with van der Waals surface area (Å²) < 4.78 is 5.14. The molecule has 1 aliphatic heterocycles. The number of rotatable bonds is 6. The van der Waals surface area contributed by atoms with E-state index in [1.54, 1.807) is 12.1 Å². The number of likely N-dealkylation sites (tertiary alicyclic amines) is 1. The summed E-state index contributed by atoms with van der Waals surface area (Å²) in [7, 11) is 0. The van der Waals surface area contributed by atoms with E-state index in [4.69, 9.17) is 4.74 Å². The molecule has 2 fully saturated rings. The summed E-state index contributed by atoms with van der Waals surface area (Å²) in [6.45, 7) is 1.11. The van der Waals surface area contributed by atoms with Gasteiger partial charge < -0.3 is 15.0 Å². The molecule has 0 radical (unpaired) electrons. The SMILES string of the molecule is O=C(COC(=O)c1ccc(CN2CCCC2=O)cc1)NC1CCCCCC1. The first-order valence-electron chi connectivity index (χ1n) is 9.95. The van der Waals surface area contributed by atoms with E-state index >= 15 is 0 Å². The molecule has 1 N–H and O–H groups in total. The summed E-state index contributed by atoms with van der Waals surface area (Å²) >= 11 is 0. The Labute approximate surface area is 160 Å². The molecule has 1 saturated heterocycles. The fourth-order valence-electron chi connectivity index (χ4n) is 3.75. The van der Waals surface area contributed by atoms with E-state index in [0.29, 0.717) is 18.5 Å². The van der Waals surface area contributed by atoms with E-state index in [2.05, 4.69) is 5.32 Å². The molecule has 3 rings (SSSR count). The Balaban J connectivity index is 1.43. The molecule has 2 aliphatic rings. The Bertz CT molecular complexity index is 663. The highest BCUT2D eigenvalue weighted by Gasteiger charge is 2.20. The molecule has 0 spiro atoms. The van der Waals surface area contributed by atoms with Gasteiger partial charge in [0.15, 0.2) is 6.61 Å². The van der Waals surface area contributed by atoms with Gasteiger partial charge in [-0.15, -0.1) is 0 Å². The largest absolute Gasteiger partial charge is 0.452 e. The summed E-state index contributed by atoms with van der Waals surface area (Å²) in [4.78, 5) is 37.7. The molecular weight excluding hydrogens is 344 g/mol. The van der Waals surface area contributed by atoms with Crippen molar-refractivity contribution in [1.29, 1.82) is 0 Å². The van der Waals surface area contributed by atoms with E-state index < -0.39 is 5.97 Å². The monoisotopic (exact) mass is 372 g/mol. The molecule has 1 saturated carbocycles. The van der Waals surface area contributed by atoms with Crippen molar-refractivity contribution in [2.24, 2.45) is 0 Å². The van der Waals surface area contributed by atoms with Gasteiger partial charge in [0.05, 0.1) is 5.56 Å². The number of hydrogen-bond acceptors (Lipinski definition) is 4. The Kier molecular flexibility index (Phi) is 6.85. The van der Waals surface area contributed by atoms with Gasteiger partial charge in [0, 0.05) is 25.6 Å². The number of carbonyl (C=O) groups is 3. The maximum atomic E-state index is 12.1. The van der Waals surface area contributed by atoms with Gasteiger partial charge in [-0.2, -0.15) is 0 Å². The highest BCUT2D eigenvalue weighted by Crippen LogP contribution is 2.17. The number of ether oxygens (including phenoxy) is 1. The van der Waals surface area contributed by atoms with Crippen LogP contribution in [0.3, 0.4) is 0 Å². The van der Waals surface area contributed by atoms with Crippen LogP contribution in [0.1, 0.15) is 67.3 Å². The van der Waals surface area contributed by atoms with Crippen LogP contribution in [-0.4, -0.2) is 41.9 Å². The molecule has 1 aromatic rings. The lowest BCUT2D eigenvalue weighted by Gasteiger charge is -2.16. The Morgan fingerprint density at radius 1 is 1.04 bits per heavy atom. The highest BCUT2D eigenvalue weighted by molar-refractivity contribution is 5.91. The molecule has 6 nitrogen and oxygen atoms in total. The Morgan fingerprint density at radius 3 is 2.37 bits per heavy atom. The molecule has 1 aromatic carbocycles. The van der Waals surface area contributed by atoms with E-state index in [0.717, 1.165) is 44.2 Å². The standard InChI is InChI=1S/C21H28N2O4/c24-19(22-18-6-3-1-2-4-7-18)15-27-21(26)17-11-9-16(10-12-17)14-23-13-5-8-20(23)25/h9-12,18H,1-8,13-15H2,(H,22,24). The summed E-state index contributed by atoms with van der Waals surface area (Å²) in [5, 5.41) is 2.97. The molecule has 1 aliphatic carbocycles. The molecule has 6 heteroatoms. The molecule has 0 bridgehead atoms. The molecule has 146 valence electrons. The third-order valence-corrected chi connectivity index (χ3v) is 5.29. The second-order valence-corrected chi connectivity index (χ2v) is 7.45. The zero-order valence-electron chi connectivity index (χ0n) is 15.7. The van der Waals surface area contributed by atoms with Gasteiger partial charge in [0.1, 0.15) is 0 Å². The zero-order chi connectivity index (χ0) is 19.1. The number of hydrogen-bond donors (Lipinski definition) is 1. The van der Waals surface area contributed by atoms with Crippen molar-refractivity contribution in [1.82, 2.24) is 10.2 Å². The molecule has 1 heterocycles. The predicted molar refractivity (Wildman–Crippen MR) is 101 cm³/mol. The number of esters is 1. The van der Waals surface area contributed by atoms with Gasteiger partial charge in [-0.05, 0) is 37.0 Å². The van der Waals surface area contributed by atoms with Crippen LogP contribution in [0.2, 0.25) is 0 Å². The van der Waals surface area contributed by atoms with Gasteiger partial charge in [-0.25, -0.2) is 4.79 Å². The number of benzene rings is 1. The highest BCUT2D eigenvalue weighted by atomic mass is 16.5. The quantitative estimate of drug-likeness (QED) is 0.615. The van der Waals surface area contributed by atoms with Crippen molar-refractivity contribution in [3.8, 4) is 0 Å². The van der Waals surface area contributed by atoms with Gasteiger partial charge >= 0.3 is 5.97 Å². The lowest BCUT2D eigenvalue weighted by molar-refractivity contribution is -0.128. The van der Waals surface area contributed by atoms with Crippen molar-refractivity contribution < 1.29 is 19.1 Å². The topological polar surface area (TPSA) is 75.7 Å². The Hall–Kier alpha value is -2.37. The number of nitrogens with one attached hydrogen (secondary N) is 1. The molecule has 2 amide bonds. The van der Waals surface area contributed by atoms with Gasteiger partial charge in [-0.1, -0.05) is 37.8 Å². The third-order valence-electron chi connectivity index (χ3n) is 5.29. The van der Waals surface area contributed by atoms with Crippen LogP contribution in [0.5, 0.6) is 0 Å². The average molecular weight is 372 g/mol. The second kappa shape index (κ2) is 9.53. The van der Waals surface area contributed by atoms with E-state index in [1.165, 1.54) is 12.8 Å². The van der Waals surface area contributed by atoms with Crippen molar-refractivity contribution in [2.75, 3.05) is 13.2 Å². The Morgan fingerprint density at radius 2 is 1.74 bits per heavy atom. The van der Waals surface area contributed by atoms with Gasteiger partial charge in [0.2, 0.25) is 5.91 Å². The summed E-state index contributed by atoms with van der Waals surface area (Å²) in [6.07, 6.45) is 8.26. The van der Waals surface area contributed by atoms with E-state index in [9.17, 15) is 14.4 Å². The van der Waals surface area contributed by atoms with Crippen LogP contribution in [0.25, 0.3) is 0 Å². The maximum Gasteiger partial charge on any atom is 0.338 e. The van der Waals surface area contributed by atoms with Crippen molar-refractivity contribution in [3.63, 3.8) is 0 Å². The fraction of sp³-hybridized carbons (Fsp3) is 0.571. The van der Waals surface area contributed by atoms with Crippen molar-refractivity contribution in [2.45, 2.75) is 64.0 Å². The minimum absolute atomic E-state index is 0.179. The first kappa shape index (κ1) is 19.4. The normalized spacial score (nSPS) is 18.2. The van der Waals surface area contributed by atoms with Crippen LogP contribution in [0.4, 0.5) is 0 Å². The first-order chi connectivity index (χ1) is 13.1. The van der Waals surface area contributed by atoms with Crippen LogP contribution in [0, 0.1) is 0 Å². The van der Waals surface area contributed by atoms with E-state index in [1.807, 2.05) is 17.0 Å². The molecular formula is C21H28N2O4. The first-order valence-corrected chi connectivity index (χ1v) is 9.95. The molecule has 27 heavy (non-hydrogen) atoms. The van der Waals surface area contributed by atoms with Crippen LogP contribution in [-0.2, 0) is 20.9 Å². The minimum Gasteiger partial charge on any atom is -0.452 e. The lowest BCUT2D eigenvalue weighted by atomic mass is 10.1. The average Bonchev–Trinajstić information content (AvgIpc) is 2.91. The lowest BCUT2D eigenvalue weighted by Crippen LogP contribution is -2.37. The summed E-state index contributed by atoms with van der Waals surface area (Å²) in [5.74, 6) is -0.563. The summed E-state index contributed by atoms with van der Waals surface area (Å²) in [5.41, 5.74) is 1.39. The second-order valence-electron chi connectivity index (χ2n) is 7.45. The van der Waals surface area contributed by atoms with Crippen molar-refractivity contribution in [3.05, 3.63) is 35.4 Å². The molecule has 0 atom stereocenters. The van der Waals surface area contributed by atoms with Gasteiger partial charge in [0.25, 0.3) is 5.91 Å². The molecule has 0 aromatic heterocycles. The molecule has 0 unspecified atom stereocenters. The third kappa shape index (κ3) is 5.81. The van der Waals surface area contributed by atoms with Crippen LogP contribution >= 0.6 is 0 Å². The fourth-order valence-corrected chi connectivity index (χ4v) is 3.75. The zero-order valence-corrected chi connectivity index (χ0v) is 15.7. The van der Waals surface area contributed by atoms with Crippen LogP contribution < -0.4 is 5.32 Å². The predicted octanol–water partition coefficient (Wildman–Crippen LogP) is 2.80. The van der Waals surface area contributed by atoms with Gasteiger partial charge in [-0.3, -0.25) is 9.59 Å². The summed E-state index contributed by atoms with van der Waals surface area (Å²) in [6, 6.07) is 7.22. The minimum atomic E-state index is -0.505. The van der Waals surface area contributed by atoms with Crippen LogP contribution in [0.15, 0.2) is 24.3 Å². The smallest absolute Gasteiger partial charge is 0.338 e. The van der Waals surface area contributed by atoms with E-state index in [-0.39, 0.29) is 24.5 Å².